The number of nitrogens with two attached hydrogens (primary N) is 1. The third-order valence-corrected chi connectivity index (χ3v) is 6.21. The minimum atomic E-state index is -0.535. The Hall–Kier alpha value is -3.51. The number of benzene rings is 3. The van der Waals surface area contributed by atoms with Crippen molar-refractivity contribution < 1.29 is 18.6 Å². The minimum Gasteiger partial charge on any atom is -0.497 e. The van der Waals surface area contributed by atoms with E-state index < -0.39 is 6.04 Å². The predicted molar refractivity (Wildman–Crippen MR) is 135 cm³/mol. The zero-order valence-electron chi connectivity index (χ0n) is 20.5. The minimum absolute atomic E-state index is 0.203. The van der Waals surface area contributed by atoms with Crippen LogP contribution in [0.5, 0.6) is 17.2 Å². The third-order valence-electron chi connectivity index (χ3n) is 6.21. The van der Waals surface area contributed by atoms with Crippen molar-refractivity contribution in [1.29, 1.82) is 0 Å². The summed E-state index contributed by atoms with van der Waals surface area (Å²) < 4.78 is 30.6. The van der Waals surface area contributed by atoms with Crippen LogP contribution in [0.3, 0.4) is 0 Å². The van der Waals surface area contributed by atoms with E-state index in [2.05, 4.69) is 32.2 Å². The molecule has 4 rings (SSSR count). The summed E-state index contributed by atoms with van der Waals surface area (Å²) in [5.74, 6) is 1.40. The second-order valence-corrected chi connectivity index (χ2v) is 9.05. The van der Waals surface area contributed by atoms with Crippen molar-refractivity contribution in [3.8, 4) is 28.4 Å². The van der Waals surface area contributed by atoms with Gasteiger partial charge < -0.3 is 25.3 Å². The van der Waals surface area contributed by atoms with Crippen LogP contribution in [0.15, 0.2) is 54.6 Å². The van der Waals surface area contributed by atoms with Crippen molar-refractivity contribution in [2.75, 3.05) is 26.6 Å². The Kier molecular flexibility index (Phi) is 6.28. The van der Waals surface area contributed by atoms with Gasteiger partial charge >= 0.3 is 0 Å². The molecule has 0 fully saturated rings. The Labute approximate surface area is 200 Å². The van der Waals surface area contributed by atoms with Gasteiger partial charge in [-0.1, -0.05) is 12.1 Å². The first kappa shape index (κ1) is 23.6. The van der Waals surface area contributed by atoms with Crippen LogP contribution in [0.1, 0.15) is 43.5 Å². The summed E-state index contributed by atoms with van der Waals surface area (Å²) in [5.41, 5.74) is 13.3. The molecule has 0 radical (unpaired) electrons. The first-order valence-corrected chi connectivity index (χ1v) is 11.2. The number of nitrogens with one attached hydrogen (secondary N) is 1. The van der Waals surface area contributed by atoms with E-state index in [1.807, 2.05) is 30.3 Å². The number of methoxy groups -OCH3 is 3. The average Bonchev–Trinajstić information content (AvgIpc) is 2.81. The van der Waals surface area contributed by atoms with Crippen molar-refractivity contribution in [3.63, 3.8) is 0 Å². The molecule has 34 heavy (non-hydrogen) atoms. The molecule has 0 amide bonds. The molecule has 0 saturated heterocycles. The zero-order valence-corrected chi connectivity index (χ0v) is 20.5. The van der Waals surface area contributed by atoms with Crippen molar-refractivity contribution in [3.05, 3.63) is 77.1 Å². The smallest absolute Gasteiger partial charge is 0.129 e. The molecule has 3 aromatic rings. The van der Waals surface area contributed by atoms with Gasteiger partial charge in [0.1, 0.15) is 23.1 Å². The number of rotatable bonds is 6. The number of anilines is 1. The monoisotopic (exact) mass is 462 g/mol. The second kappa shape index (κ2) is 9.03. The van der Waals surface area contributed by atoms with Crippen LogP contribution >= 0.6 is 0 Å². The highest BCUT2D eigenvalue weighted by atomic mass is 19.1. The molecule has 1 aliphatic heterocycles. The molecule has 178 valence electrons. The van der Waals surface area contributed by atoms with Gasteiger partial charge in [-0.15, -0.1) is 0 Å². The number of allylic oxidation sites excluding steroid dienone is 1. The molecular weight excluding hydrogens is 431 g/mol. The molecule has 0 aromatic heterocycles. The van der Waals surface area contributed by atoms with Crippen LogP contribution in [-0.2, 0) is 0 Å². The summed E-state index contributed by atoms with van der Waals surface area (Å²) >= 11 is 0. The van der Waals surface area contributed by atoms with Gasteiger partial charge in [-0.05, 0) is 67.8 Å². The van der Waals surface area contributed by atoms with Gasteiger partial charge in [-0.3, -0.25) is 0 Å². The number of halogens is 1. The normalized spacial score (nSPS) is 15.0. The lowest BCUT2D eigenvalue weighted by atomic mass is 9.81. The molecule has 0 aliphatic carbocycles. The third kappa shape index (κ3) is 4.21. The SMILES string of the molecule is COc1ccc(C(N)c2c(-c3ccc(F)cc3OC)ccc3c2C(C)=CC(C)(C)N3)c(OC)c1. The molecule has 1 aliphatic rings. The summed E-state index contributed by atoms with van der Waals surface area (Å²) in [6.07, 6.45) is 2.20. The fourth-order valence-corrected chi connectivity index (χ4v) is 4.82. The molecule has 0 bridgehead atoms. The Bertz CT molecular complexity index is 1270. The largest absolute Gasteiger partial charge is 0.497 e. The van der Waals surface area contributed by atoms with Gasteiger partial charge in [0, 0.05) is 34.5 Å². The van der Waals surface area contributed by atoms with Crippen LogP contribution in [0.2, 0.25) is 0 Å². The lowest BCUT2D eigenvalue weighted by molar-refractivity contribution is 0.390. The summed E-state index contributed by atoms with van der Waals surface area (Å²) in [6.45, 7) is 6.35. The van der Waals surface area contributed by atoms with Gasteiger partial charge in [0.05, 0.1) is 32.9 Å². The molecule has 3 N–H and O–H groups in total. The maximum Gasteiger partial charge on any atom is 0.129 e. The molecule has 1 heterocycles. The van der Waals surface area contributed by atoms with Crippen LogP contribution < -0.4 is 25.3 Å². The molecule has 6 heteroatoms. The van der Waals surface area contributed by atoms with E-state index in [4.69, 9.17) is 19.9 Å². The summed E-state index contributed by atoms with van der Waals surface area (Å²) in [7, 11) is 4.77. The fraction of sp³-hybridized carbons (Fsp3) is 0.286. The Morgan fingerprint density at radius 1 is 0.882 bits per heavy atom. The van der Waals surface area contributed by atoms with Crippen LogP contribution in [0.4, 0.5) is 10.1 Å². The van der Waals surface area contributed by atoms with Gasteiger partial charge in [0.15, 0.2) is 0 Å². The van der Waals surface area contributed by atoms with Crippen LogP contribution in [0.25, 0.3) is 16.7 Å². The van der Waals surface area contributed by atoms with E-state index in [-0.39, 0.29) is 11.4 Å². The molecule has 1 atom stereocenters. The van der Waals surface area contributed by atoms with Crippen molar-refractivity contribution >= 4 is 11.3 Å². The average molecular weight is 463 g/mol. The van der Waals surface area contributed by atoms with E-state index >= 15 is 0 Å². The first-order valence-electron chi connectivity index (χ1n) is 11.2. The van der Waals surface area contributed by atoms with E-state index in [1.54, 1.807) is 20.3 Å². The van der Waals surface area contributed by atoms with Gasteiger partial charge in [-0.2, -0.15) is 0 Å². The Morgan fingerprint density at radius 2 is 1.59 bits per heavy atom. The van der Waals surface area contributed by atoms with Crippen LogP contribution in [0, 0.1) is 5.82 Å². The topological polar surface area (TPSA) is 65.7 Å². The second-order valence-electron chi connectivity index (χ2n) is 9.05. The molecule has 3 aromatic carbocycles. The first-order chi connectivity index (χ1) is 16.2. The standard InChI is InChI=1S/C28H31FN2O3/c1-16-15-28(2,3)31-22-12-11-20(19-9-7-17(29)13-23(19)33-5)26(25(16)22)27(30)21-10-8-18(32-4)14-24(21)34-6/h7-15,27,31H,30H2,1-6H3. The molecule has 1 unspecified atom stereocenters. The summed E-state index contributed by atoms with van der Waals surface area (Å²) in [4.78, 5) is 0. The molecular formula is C28H31FN2O3. The Morgan fingerprint density at radius 3 is 2.26 bits per heavy atom. The lowest BCUT2D eigenvalue weighted by Gasteiger charge is -2.35. The molecule has 0 spiro atoms. The van der Waals surface area contributed by atoms with E-state index in [9.17, 15) is 4.39 Å². The summed E-state index contributed by atoms with van der Waals surface area (Å²) in [6, 6.07) is 13.7. The van der Waals surface area contributed by atoms with Gasteiger partial charge in [0.25, 0.3) is 0 Å². The van der Waals surface area contributed by atoms with E-state index in [0.717, 1.165) is 39.1 Å². The van der Waals surface area contributed by atoms with Gasteiger partial charge in [-0.25, -0.2) is 4.39 Å². The number of ether oxygens (including phenoxy) is 3. The predicted octanol–water partition coefficient (Wildman–Crippen LogP) is 6.17. The summed E-state index contributed by atoms with van der Waals surface area (Å²) in [5, 5.41) is 3.60. The quantitative estimate of drug-likeness (QED) is 0.458. The van der Waals surface area contributed by atoms with E-state index in [0.29, 0.717) is 17.2 Å². The number of hydrogen-bond donors (Lipinski definition) is 2. The lowest BCUT2D eigenvalue weighted by Crippen LogP contribution is -2.32. The Balaban J connectivity index is 2.02. The maximum atomic E-state index is 14.0. The van der Waals surface area contributed by atoms with Crippen molar-refractivity contribution in [2.45, 2.75) is 32.4 Å². The number of hydrogen-bond acceptors (Lipinski definition) is 5. The molecule has 0 saturated carbocycles. The maximum absolute atomic E-state index is 14.0. The van der Waals surface area contributed by atoms with E-state index in [1.165, 1.54) is 19.2 Å². The highest BCUT2D eigenvalue weighted by Crippen LogP contribution is 2.46. The van der Waals surface area contributed by atoms with Crippen LogP contribution in [-0.4, -0.2) is 26.9 Å². The van der Waals surface area contributed by atoms with Gasteiger partial charge in [0.2, 0.25) is 0 Å². The highest BCUT2D eigenvalue weighted by Gasteiger charge is 2.30. The zero-order chi connectivity index (χ0) is 24.6. The number of fused-ring (bicyclic) bond motifs is 1. The fourth-order valence-electron chi connectivity index (χ4n) is 4.82. The van der Waals surface area contributed by atoms with Crippen molar-refractivity contribution in [2.24, 2.45) is 5.73 Å². The van der Waals surface area contributed by atoms with Crippen molar-refractivity contribution in [1.82, 2.24) is 0 Å². The molecule has 5 nitrogen and oxygen atoms in total. The highest BCUT2D eigenvalue weighted by molar-refractivity contribution is 5.89.